The summed E-state index contributed by atoms with van der Waals surface area (Å²) >= 11 is 0. The van der Waals surface area contributed by atoms with E-state index in [0.717, 1.165) is 31.5 Å². The molecule has 0 unspecified atom stereocenters. The molecule has 6 heteroatoms. The fourth-order valence-electron chi connectivity index (χ4n) is 2.81. The molecule has 2 aliphatic rings. The molecule has 0 bridgehead atoms. The summed E-state index contributed by atoms with van der Waals surface area (Å²) in [6.45, 7) is 1.28. The van der Waals surface area contributed by atoms with Crippen LogP contribution in [-0.4, -0.2) is 49.1 Å². The van der Waals surface area contributed by atoms with E-state index in [4.69, 9.17) is 0 Å². The molecule has 0 N–H and O–H groups in total. The molecule has 1 aromatic rings. The fourth-order valence-corrected chi connectivity index (χ4v) is 4.68. The molecule has 20 heavy (non-hydrogen) atoms. The van der Waals surface area contributed by atoms with Crippen LogP contribution in [0.1, 0.15) is 25.7 Å². The molecule has 1 saturated carbocycles. The van der Waals surface area contributed by atoms with Crippen molar-refractivity contribution in [3.8, 4) is 0 Å². The van der Waals surface area contributed by atoms with Crippen molar-refractivity contribution in [3.05, 3.63) is 24.4 Å². The van der Waals surface area contributed by atoms with E-state index in [-0.39, 0.29) is 5.25 Å². The van der Waals surface area contributed by atoms with Crippen molar-refractivity contribution in [3.63, 3.8) is 0 Å². The Morgan fingerprint density at radius 1 is 1.20 bits per heavy atom. The summed E-state index contributed by atoms with van der Waals surface area (Å²) in [6.07, 6.45) is 5.22. The van der Waals surface area contributed by atoms with Crippen LogP contribution < -0.4 is 4.90 Å². The molecular weight excluding hydrogens is 274 g/mol. The van der Waals surface area contributed by atoms with Crippen LogP contribution in [-0.2, 0) is 10.0 Å². The highest BCUT2D eigenvalue weighted by atomic mass is 32.2. The van der Waals surface area contributed by atoms with Gasteiger partial charge in [0, 0.05) is 32.4 Å². The molecule has 110 valence electrons. The number of piperidine rings is 1. The molecule has 0 atom stereocenters. The third-order valence-corrected chi connectivity index (χ3v) is 6.69. The van der Waals surface area contributed by atoms with E-state index in [2.05, 4.69) is 9.88 Å². The van der Waals surface area contributed by atoms with Crippen molar-refractivity contribution in [1.29, 1.82) is 0 Å². The van der Waals surface area contributed by atoms with Gasteiger partial charge in [0.15, 0.2) is 0 Å². The molecular formula is C14H21N3O2S. The first-order chi connectivity index (χ1) is 9.59. The van der Waals surface area contributed by atoms with Crippen LogP contribution >= 0.6 is 0 Å². The minimum absolute atomic E-state index is 0.0902. The second-order valence-corrected chi connectivity index (χ2v) is 7.89. The molecule has 0 radical (unpaired) electrons. The summed E-state index contributed by atoms with van der Waals surface area (Å²) in [5, 5.41) is -0.0902. The zero-order valence-corrected chi connectivity index (χ0v) is 12.6. The minimum atomic E-state index is -3.00. The maximum Gasteiger partial charge on any atom is 0.216 e. The third kappa shape index (κ3) is 2.67. The second-order valence-electron chi connectivity index (χ2n) is 5.67. The Kier molecular flexibility index (Phi) is 3.69. The summed E-state index contributed by atoms with van der Waals surface area (Å²) in [5.41, 5.74) is 0. The van der Waals surface area contributed by atoms with E-state index in [1.54, 1.807) is 10.5 Å². The minimum Gasteiger partial charge on any atom is -0.357 e. The van der Waals surface area contributed by atoms with E-state index < -0.39 is 10.0 Å². The van der Waals surface area contributed by atoms with Crippen molar-refractivity contribution in [1.82, 2.24) is 9.29 Å². The van der Waals surface area contributed by atoms with Gasteiger partial charge in [-0.2, -0.15) is 0 Å². The molecule has 1 aliphatic carbocycles. The van der Waals surface area contributed by atoms with Gasteiger partial charge in [-0.05, 0) is 37.8 Å². The molecule has 1 aromatic heterocycles. The van der Waals surface area contributed by atoms with Gasteiger partial charge in [0.05, 0.1) is 5.25 Å². The number of hydrogen-bond donors (Lipinski definition) is 0. The van der Waals surface area contributed by atoms with Crippen LogP contribution in [0.25, 0.3) is 0 Å². The highest BCUT2D eigenvalue weighted by molar-refractivity contribution is 7.90. The highest BCUT2D eigenvalue weighted by Gasteiger charge is 2.41. The second kappa shape index (κ2) is 5.33. The normalized spacial score (nSPS) is 21.9. The van der Waals surface area contributed by atoms with Crippen molar-refractivity contribution in [2.24, 2.45) is 0 Å². The number of nitrogens with zero attached hydrogens (tertiary/aromatic N) is 3. The van der Waals surface area contributed by atoms with Gasteiger partial charge in [-0.3, -0.25) is 0 Å². The van der Waals surface area contributed by atoms with Crippen molar-refractivity contribution in [2.45, 2.75) is 37.0 Å². The van der Waals surface area contributed by atoms with E-state index >= 15 is 0 Å². The standard InChI is InChI=1S/C14H21N3O2S/c1-16(14-4-2-3-9-15-14)12-7-10-17(11-8-12)20(18,19)13-5-6-13/h2-4,9,12-13H,5-8,10-11H2,1H3. The quantitative estimate of drug-likeness (QED) is 0.844. The van der Waals surface area contributed by atoms with Crippen molar-refractivity contribution >= 4 is 15.8 Å². The van der Waals surface area contributed by atoms with Crippen LogP contribution in [0.3, 0.4) is 0 Å². The molecule has 2 fully saturated rings. The Morgan fingerprint density at radius 2 is 1.90 bits per heavy atom. The summed E-state index contributed by atoms with van der Waals surface area (Å²) in [6, 6.07) is 6.25. The molecule has 5 nitrogen and oxygen atoms in total. The monoisotopic (exact) mass is 295 g/mol. The lowest BCUT2D eigenvalue weighted by molar-refractivity contribution is 0.313. The average Bonchev–Trinajstić information content (AvgIpc) is 3.33. The predicted octanol–water partition coefficient (Wildman–Crippen LogP) is 1.47. The maximum atomic E-state index is 12.2. The molecule has 1 aliphatic heterocycles. The SMILES string of the molecule is CN(c1ccccn1)C1CCN(S(=O)(=O)C2CC2)CC1. The van der Waals surface area contributed by atoms with Crippen molar-refractivity contribution < 1.29 is 8.42 Å². The van der Waals surface area contributed by atoms with E-state index in [0.29, 0.717) is 19.1 Å². The number of hydrogen-bond acceptors (Lipinski definition) is 4. The lowest BCUT2D eigenvalue weighted by Crippen LogP contribution is -2.46. The van der Waals surface area contributed by atoms with Gasteiger partial charge < -0.3 is 4.90 Å². The molecule has 0 amide bonds. The van der Waals surface area contributed by atoms with Gasteiger partial charge in [0.2, 0.25) is 10.0 Å². The first kappa shape index (κ1) is 13.8. The van der Waals surface area contributed by atoms with Gasteiger partial charge in [-0.25, -0.2) is 17.7 Å². The van der Waals surface area contributed by atoms with E-state index in [9.17, 15) is 8.42 Å². The Labute approximate surface area is 120 Å². The highest BCUT2D eigenvalue weighted by Crippen LogP contribution is 2.33. The molecule has 0 aromatic carbocycles. The van der Waals surface area contributed by atoms with Crippen LogP contribution in [0.4, 0.5) is 5.82 Å². The van der Waals surface area contributed by atoms with E-state index in [1.165, 1.54) is 0 Å². The number of sulfonamides is 1. The smallest absolute Gasteiger partial charge is 0.216 e. The van der Waals surface area contributed by atoms with Crippen LogP contribution in [0.5, 0.6) is 0 Å². The number of pyridine rings is 1. The first-order valence-corrected chi connectivity index (χ1v) is 8.72. The average molecular weight is 295 g/mol. The number of rotatable bonds is 4. The predicted molar refractivity (Wildman–Crippen MR) is 79.2 cm³/mol. The molecule has 3 rings (SSSR count). The first-order valence-electron chi connectivity index (χ1n) is 7.22. The van der Waals surface area contributed by atoms with E-state index in [1.807, 2.05) is 25.2 Å². The molecule has 1 saturated heterocycles. The summed E-state index contributed by atoms with van der Waals surface area (Å²) < 4.78 is 26.1. The largest absolute Gasteiger partial charge is 0.357 e. The zero-order valence-electron chi connectivity index (χ0n) is 11.8. The van der Waals surface area contributed by atoms with Gasteiger partial charge in [0.25, 0.3) is 0 Å². The number of anilines is 1. The maximum absolute atomic E-state index is 12.2. The van der Waals surface area contributed by atoms with Gasteiger partial charge in [-0.1, -0.05) is 6.07 Å². The van der Waals surface area contributed by atoms with Crippen LogP contribution in [0.15, 0.2) is 24.4 Å². The Bertz CT molecular complexity index is 549. The third-order valence-electron chi connectivity index (χ3n) is 4.29. The lowest BCUT2D eigenvalue weighted by atomic mass is 10.1. The Hall–Kier alpha value is -1.14. The summed E-state index contributed by atoms with van der Waals surface area (Å²) in [4.78, 5) is 6.52. The summed E-state index contributed by atoms with van der Waals surface area (Å²) in [5.74, 6) is 0.955. The van der Waals surface area contributed by atoms with Gasteiger partial charge >= 0.3 is 0 Å². The van der Waals surface area contributed by atoms with Gasteiger partial charge in [-0.15, -0.1) is 0 Å². The Morgan fingerprint density at radius 3 is 2.45 bits per heavy atom. The molecule has 2 heterocycles. The lowest BCUT2D eigenvalue weighted by Gasteiger charge is -2.36. The molecule has 0 spiro atoms. The zero-order chi connectivity index (χ0) is 14.2. The van der Waals surface area contributed by atoms with Crippen molar-refractivity contribution in [2.75, 3.05) is 25.0 Å². The van der Waals surface area contributed by atoms with Crippen LogP contribution in [0, 0.1) is 0 Å². The fraction of sp³-hybridized carbons (Fsp3) is 0.643. The van der Waals surface area contributed by atoms with Gasteiger partial charge in [0.1, 0.15) is 5.82 Å². The Balaban J connectivity index is 1.61. The topological polar surface area (TPSA) is 53.5 Å². The number of aromatic nitrogens is 1. The summed E-state index contributed by atoms with van der Waals surface area (Å²) in [7, 11) is -0.964. The van der Waals surface area contributed by atoms with Crippen LogP contribution in [0.2, 0.25) is 0 Å².